The summed E-state index contributed by atoms with van der Waals surface area (Å²) in [4.78, 5) is 14.3. The third-order valence-corrected chi connectivity index (χ3v) is 3.59. The average molecular weight is 241 g/mol. The fourth-order valence-corrected chi connectivity index (χ4v) is 2.23. The van der Waals surface area contributed by atoms with Crippen LogP contribution < -0.4 is 11.1 Å². The maximum Gasteiger partial charge on any atom is 0.237 e. The van der Waals surface area contributed by atoms with Gasteiger partial charge in [-0.2, -0.15) is 0 Å². The number of rotatable bonds is 8. The summed E-state index contributed by atoms with van der Waals surface area (Å²) in [5.41, 5.74) is 5.57. The number of hydrogen-bond donors (Lipinski definition) is 2. The van der Waals surface area contributed by atoms with E-state index in [1.54, 1.807) is 0 Å². The summed E-state index contributed by atoms with van der Waals surface area (Å²) in [6.45, 7) is 6.51. The Hall–Kier alpha value is -0.610. The molecule has 0 saturated heterocycles. The van der Waals surface area contributed by atoms with Gasteiger partial charge in [0, 0.05) is 19.1 Å². The van der Waals surface area contributed by atoms with Crippen LogP contribution in [0, 0.1) is 0 Å². The van der Waals surface area contributed by atoms with E-state index in [1.165, 1.54) is 19.3 Å². The Balaban J connectivity index is 2.45. The fraction of sp³-hybridized carbons (Fsp3) is 0.923. The van der Waals surface area contributed by atoms with Crippen molar-refractivity contribution in [1.29, 1.82) is 0 Å². The SMILES string of the molecule is CCCNC(=O)C(C)N(CCCN)C1CCC1. The molecule has 17 heavy (non-hydrogen) atoms. The topological polar surface area (TPSA) is 58.4 Å². The minimum absolute atomic E-state index is 0.0154. The lowest BCUT2D eigenvalue weighted by Gasteiger charge is -2.40. The predicted octanol–water partition coefficient (Wildman–Crippen LogP) is 1.10. The molecule has 100 valence electrons. The minimum Gasteiger partial charge on any atom is -0.355 e. The molecule has 1 aliphatic rings. The zero-order chi connectivity index (χ0) is 12.7. The molecule has 1 rings (SSSR count). The van der Waals surface area contributed by atoms with Gasteiger partial charge >= 0.3 is 0 Å². The van der Waals surface area contributed by atoms with Gasteiger partial charge in [0.15, 0.2) is 0 Å². The van der Waals surface area contributed by atoms with E-state index >= 15 is 0 Å². The van der Waals surface area contributed by atoms with Gasteiger partial charge in [0.05, 0.1) is 6.04 Å². The highest BCUT2D eigenvalue weighted by molar-refractivity contribution is 5.81. The van der Waals surface area contributed by atoms with Crippen LogP contribution in [-0.2, 0) is 4.79 Å². The fourth-order valence-electron chi connectivity index (χ4n) is 2.23. The lowest BCUT2D eigenvalue weighted by atomic mass is 9.90. The molecule has 0 bridgehead atoms. The van der Waals surface area contributed by atoms with E-state index < -0.39 is 0 Å². The van der Waals surface area contributed by atoms with Crippen molar-refractivity contribution in [3.63, 3.8) is 0 Å². The Labute approximate surface area is 105 Å². The van der Waals surface area contributed by atoms with Gasteiger partial charge in [-0.3, -0.25) is 9.69 Å². The number of nitrogens with one attached hydrogen (secondary N) is 1. The van der Waals surface area contributed by atoms with E-state index in [1.807, 2.05) is 6.92 Å². The van der Waals surface area contributed by atoms with E-state index in [4.69, 9.17) is 5.73 Å². The molecule has 0 spiro atoms. The van der Waals surface area contributed by atoms with Gasteiger partial charge < -0.3 is 11.1 Å². The van der Waals surface area contributed by atoms with Crippen LogP contribution in [0.5, 0.6) is 0 Å². The molecule has 0 aromatic carbocycles. The summed E-state index contributed by atoms with van der Waals surface area (Å²) >= 11 is 0. The van der Waals surface area contributed by atoms with Crippen molar-refractivity contribution in [2.45, 2.75) is 58.0 Å². The Morgan fingerprint density at radius 1 is 1.53 bits per heavy atom. The first-order valence-electron chi connectivity index (χ1n) is 6.94. The molecule has 4 nitrogen and oxygen atoms in total. The van der Waals surface area contributed by atoms with Gasteiger partial charge in [-0.05, 0) is 39.2 Å². The zero-order valence-electron chi connectivity index (χ0n) is 11.2. The monoisotopic (exact) mass is 241 g/mol. The highest BCUT2D eigenvalue weighted by atomic mass is 16.2. The average Bonchev–Trinajstić information content (AvgIpc) is 2.27. The molecular formula is C13H27N3O. The van der Waals surface area contributed by atoms with Crippen LogP contribution in [0.4, 0.5) is 0 Å². The van der Waals surface area contributed by atoms with Crippen LogP contribution in [0.3, 0.4) is 0 Å². The molecule has 0 radical (unpaired) electrons. The quantitative estimate of drug-likeness (QED) is 0.669. The predicted molar refractivity (Wildman–Crippen MR) is 70.8 cm³/mol. The minimum atomic E-state index is -0.0154. The van der Waals surface area contributed by atoms with Crippen molar-refractivity contribution in [2.24, 2.45) is 5.73 Å². The van der Waals surface area contributed by atoms with Crippen LogP contribution in [0.2, 0.25) is 0 Å². The first-order chi connectivity index (χ1) is 8.20. The van der Waals surface area contributed by atoms with E-state index in [0.717, 1.165) is 25.9 Å². The van der Waals surface area contributed by atoms with E-state index in [-0.39, 0.29) is 11.9 Å². The van der Waals surface area contributed by atoms with Crippen LogP contribution in [0.25, 0.3) is 0 Å². The zero-order valence-corrected chi connectivity index (χ0v) is 11.2. The molecule has 1 unspecified atom stereocenters. The molecule has 1 atom stereocenters. The summed E-state index contributed by atoms with van der Waals surface area (Å²) in [5, 5.41) is 2.98. The van der Waals surface area contributed by atoms with E-state index in [9.17, 15) is 4.79 Å². The van der Waals surface area contributed by atoms with Crippen molar-refractivity contribution < 1.29 is 4.79 Å². The van der Waals surface area contributed by atoms with Gasteiger partial charge in [-0.15, -0.1) is 0 Å². The summed E-state index contributed by atoms with van der Waals surface area (Å²) < 4.78 is 0. The molecule has 4 heteroatoms. The summed E-state index contributed by atoms with van der Waals surface area (Å²) in [6, 6.07) is 0.585. The maximum atomic E-state index is 12.0. The molecule has 3 N–H and O–H groups in total. The molecule has 0 aliphatic heterocycles. The van der Waals surface area contributed by atoms with Gasteiger partial charge in [-0.1, -0.05) is 13.3 Å². The Morgan fingerprint density at radius 2 is 2.24 bits per heavy atom. The number of carbonyl (C=O) groups is 1. The maximum absolute atomic E-state index is 12.0. The van der Waals surface area contributed by atoms with Crippen LogP contribution in [0.1, 0.15) is 46.0 Å². The third kappa shape index (κ3) is 4.28. The number of nitrogens with two attached hydrogens (primary N) is 1. The molecule has 1 saturated carbocycles. The van der Waals surface area contributed by atoms with Crippen LogP contribution in [0.15, 0.2) is 0 Å². The lowest BCUT2D eigenvalue weighted by molar-refractivity contribution is -0.127. The summed E-state index contributed by atoms with van der Waals surface area (Å²) in [6.07, 6.45) is 5.73. The molecule has 1 fully saturated rings. The molecule has 0 heterocycles. The normalized spacial score (nSPS) is 17.9. The molecular weight excluding hydrogens is 214 g/mol. The van der Waals surface area contributed by atoms with Crippen molar-refractivity contribution in [2.75, 3.05) is 19.6 Å². The van der Waals surface area contributed by atoms with Crippen molar-refractivity contribution in [1.82, 2.24) is 10.2 Å². The second-order valence-corrected chi connectivity index (χ2v) is 4.93. The second kappa shape index (κ2) is 7.67. The highest BCUT2D eigenvalue weighted by Gasteiger charge is 2.30. The summed E-state index contributed by atoms with van der Waals surface area (Å²) in [5.74, 6) is 0.163. The van der Waals surface area contributed by atoms with Gasteiger partial charge in [0.1, 0.15) is 0 Å². The molecule has 1 amide bonds. The largest absolute Gasteiger partial charge is 0.355 e. The van der Waals surface area contributed by atoms with E-state index in [2.05, 4.69) is 17.1 Å². The standard InChI is InChI=1S/C13H27N3O/c1-3-9-15-13(17)11(2)16(10-5-8-14)12-6-4-7-12/h11-12H,3-10,14H2,1-2H3,(H,15,17). The third-order valence-electron chi connectivity index (χ3n) is 3.59. The number of amides is 1. The van der Waals surface area contributed by atoms with E-state index in [0.29, 0.717) is 12.6 Å². The summed E-state index contributed by atoms with van der Waals surface area (Å²) in [7, 11) is 0. The Bertz CT molecular complexity index is 229. The van der Waals surface area contributed by atoms with Crippen molar-refractivity contribution in [3.05, 3.63) is 0 Å². The number of carbonyl (C=O) groups excluding carboxylic acids is 1. The van der Waals surface area contributed by atoms with Crippen LogP contribution >= 0.6 is 0 Å². The first-order valence-corrected chi connectivity index (χ1v) is 6.94. The molecule has 1 aliphatic carbocycles. The van der Waals surface area contributed by atoms with Gasteiger partial charge in [-0.25, -0.2) is 0 Å². The molecule has 0 aromatic rings. The Kier molecular flexibility index (Phi) is 6.52. The number of nitrogens with zero attached hydrogens (tertiary/aromatic N) is 1. The van der Waals surface area contributed by atoms with Crippen molar-refractivity contribution >= 4 is 5.91 Å². The van der Waals surface area contributed by atoms with Crippen molar-refractivity contribution in [3.8, 4) is 0 Å². The molecule has 0 aromatic heterocycles. The van der Waals surface area contributed by atoms with Crippen LogP contribution in [-0.4, -0.2) is 42.5 Å². The highest BCUT2D eigenvalue weighted by Crippen LogP contribution is 2.26. The second-order valence-electron chi connectivity index (χ2n) is 4.93. The van der Waals surface area contributed by atoms with Gasteiger partial charge in [0.25, 0.3) is 0 Å². The number of hydrogen-bond acceptors (Lipinski definition) is 3. The first kappa shape index (κ1) is 14.5. The Morgan fingerprint density at radius 3 is 2.71 bits per heavy atom. The smallest absolute Gasteiger partial charge is 0.237 e. The van der Waals surface area contributed by atoms with Gasteiger partial charge in [0.2, 0.25) is 5.91 Å². The lowest BCUT2D eigenvalue weighted by Crippen LogP contribution is -2.52.